The Bertz CT molecular complexity index is 1240. The van der Waals surface area contributed by atoms with Crippen LogP contribution in [0.3, 0.4) is 0 Å². The van der Waals surface area contributed by atoms with Gasteiger partial charge in [0.1, 0.15) is 42.7 Å². The van der Waals surface area contributed by atoms with E-state index < -0.39 is 63.1 Å². The van der Waals surface area contributed by atoms with E-state index in [2.05, 4.69) is 38.2 Å². The summed E-state index contributed by atoms with van der Waals surface area (Å²) in [5.74, 6) is -0.477. The van der Waals surface area contributed by atoms with E-state index in [1.165, 1.54) is 193 Å². The summed E-state index contributed by atoms with van der Waals surface area (Å²) in [5, 5.41) is 50.4. The number of aliphatic hydroxyl groups excluding tert-OH is 5. The fraction of sp³-hybridized carbons (Fsp3) is 0.911. The number of allylic oxidation sites excluding steroid dienone is 4. The molecule has 12 nitrogen and oxygen atoms in total. The Morgan fingerprint density at radius 3 is 1.14 bits per heavy atom. The molecular formula is C56H107O12P. The minimum absolute atomic E-state index is 0.0750. The first kappa shape index (κ1) is 65.8. The predicted molar refractivity (Wildman–Crippen MR) is 281 cm³/mol. The Kier molecular flexibility index (Phi) is 44.5. The number of unbranched alkanes of at least 4 members (excludes halogenated alkanes) is 34. The van der Waals surface area contributed by atoms with Gasteiger partial charge in [-0.25, -0.2) is 4.57 Å². The number of hydrogen-bond donors (Lipinski definition) is 6. The molecule has 6 unspecified atom stereocenters. The van der Waals surface area contributed by atoms with Crippen molar-refractivity contribution < 1.29 is 58.3 Å². The Morgan fingerprint density at radius 2 is 0.768 bits per heavy atom. The SMILES string of the molecule is CCCCCCCCC/C=C\CCCCCCCCCC(=O)OC(COCCCCCCCCCCCCCC/C=C\CCCCCCCCCC)COP(=O)(O)OC1C(O)C(O)C(O)C(O)C1O. The first-order valence-electron chi connectivity index (χ1n) is 28.7. The van der Waals surface area contributed by atoms with Crippen LogP contribution in [-0.2, 0) is 27.9 Å². The summed E-state index contributed by atoms with van der Waals surface area (Å²) in [7, 11) is -5.02. The van der Waals surface area contributed by atoms with Gasteiger partial charge in [-0.3, -0.25) is 13.8 Å². The van der Waals surface area contributed by atoms with Crippen molar-refractivity contribution in [1.29, 1.82) is 0 Å². The zero-order valence-electron chi connectivity index (χ0n) is 44.1. The Hall–Kier alpha value is -1.18. The van der Waals surface area contributed by atoms with Crippen LogP contribution < -0.4 is 0 Å². The maximum atomic E-state index is 12.9. The fourth-order valence-corrected chi connectivity index (χ4v) is 9.97. The highest BCUT2D eigenvalue weighted by Gasteiger charge is 2.51. The molecule has 69 heavy (non-hydrogen) atoms. The molecule has 0 aliphatic heterocycles. The molecule has 1 aliphatic rings. The summed E-state index contributed by atoms with van der Waals surface area (Å²) in [6.07, 6.45) is 43.9. The third kappa shape index (κ3) is 38.1. The number of hydrogen-bond acceptors (Lipinski definition) is 11. The lowest BCUT2D eigenvalue weighted by Gasteiger charge is -2.41. The molecule has 0 radical (unpaired) electrons. The van der Waals surface area contributed by atoms with Gasteiger partial charge in [0.05, 0.1) is 13.2 Å². The van der Waals surface area contributed by atoms with Crippen LogP contribution >= 0.6 is 7.82 Å². The average Bonchev–Trinajstić information content (AvgIpc) is 3.34. The average molecular weight is 1000 g/mol. The number of carbonyl (C=O) groups excluding carboxylic acids is 1. The molecule has 1 rings (SSSR count). The van der Waals surface area contributed by atoms with Crippen LogP contribution in [0.15, 0.2) is 24.3 Å². The van der Waals surface area contributed by atoms with E-state index in [4.69, 9.17) is 18.5 Å². The molecule has 0 amide bonds. The molecule has 408 valence electrons. The van der Waals surface area contributed by atoms with Crippen molar-refractivity contribution in [3.05, 3.63) is 24.3 Å². The van der Waals surface area contributed by atoms with Crippen LogP contribution in [0.4, 0.5) is 0 Å². The summed E-state index contributed by atoms with van der Waals surface area (Å²) in [6, 6.07) is 0. The Morgan fingerprint density at radius 1 is 0.449 bits per heavy atom. The molecule has 0 bridgehead atoms. The van der Waals surface area contributed by atoms with E-state index in [9.17, 15) is 39.8 Å². The Labute approximate surface area is 421 Å². The van der Waals surface area contributed by atoms with Crippen molar-refractivity contribution in [3.63, 3.8) is 0 Å². The largest absolute Gasteiger partial charge is 0.472 e. The van der Waals surface area contributed by atoms with Crippen molar-refractivity contribution in [2.75, 3.05) is 19.8 Å². The minimum atomic E-state index is -5.02. The van der Waals surface area contributed by atoms with Crippen molar-refractivity contribution in [2.24, 2.45) is 0 Å². The van der Waals surface area contributed by atoms with Crippen molar-refractivity contribution in [3.8, 4) is 0 Å². The van der Waals surface area contributed by atoms with E-state index in [0.717, 1.165) is 44.9 Å². The second-order valence-electron chi connectivity index (χ2n) is 20.1. The quantitative estimate of drug-likeness (QED) is 0.0146. The van der Waals surface area contributed by atoms with Gasteiger partial charge in [-0.2, -0.15) is 0 Å². The van der Waals surface area contributed by atoms with Crippen molar-refractivity contribution in [2.45, 2.75) is 307 Å². The van der Waals surface area contributed by atoms with Crippen LogP contribution in [0.25, 0.3) is 0 Å². The van der Waals surface area contributed by atoms with E-state index in [1.807, 2.05) is 0 Å². The number of aliphatic hydroxyl groups is 5. The lowest BCUT2D eigenvalue weighted by atomic mass is 9.85. The van der Waals surface area contributed by atoms with Crippen LogP contribution in [0.5, 0.6) is 0 Å². The van der Waals surface area contributed by atoms with E-state index >= 15 is 0 Å². The van der Waals surface area contributed by atoms with Crippen LogP contribution in [-0.4, -0.2) is 98.9 Å². The van der Waals surface area contributed by atoms with Gasteiger partial charge in [0.15, 0.2) is 0 Å². The van der Waals surface area contributed by atoms with Gasteiger partial charge in [0.25, 0.3) is 0 Å². The van der Waals surface area contributed by atoms with Gasteiger partial charge in [0.2, 0.25) is 0 Å². The van der Waals surface area contributed by atoms with Crippen molar-refractivity contribution in [1.82, 2.24) is 0 Å². The lowest BCUT2D eigenvalue weighted by molar-refractivity contribution is -0.220. The predicted octanol–water partition coefficient (Wildman–Crippen LogP) is 13.6. The summed E-state index contributed by atoms with van der Waals surface area (Å²) in [5.41, 5.74) is 0. The smallest absolute Gasteiger partial charge is 0.457 e. The van der Waals surface area contributed by atoms with E-state index in [0.29, 0.717) is 13.0 Å². The number of phosphoric acid groups is 1. The fourth-order valence-electron chi connectivity index (χ4n) is 9.00. The molecular weight excluding hydrogens is 896 g/mol. The minimum Gasteiger partial charge on any atom is -0.457 e. The van der Waals surface area contributed by atoms with Crippen LogP contribution in [0.1, 0.15) is 264 Å². The van der Waals surface area contributed by atoms with Gasteiger partial charge in [0, 0.05) is 13.0 Å². The second kappa shape index (κ2) is 46.6. The zero-order chi connectivity index (χ0) is 50.5. The number of ether oxygens (including phenoxy) is 2. The summed E-state index contributed by atoms with van der Waals surface area (Å²) >= 11 is 0. The van der Waals surface area contributed by atoms with Gasteiger partial charge in [-0.1, -0.05) is 218 Å². The molecule has 0 saturated heterocycles. The third-order valence-corrected chi connectivity index (χ3v) is 14.5. The van der Waals surface area contributed by atoms with Gasteiger partial charge in [-0.15, -0.1) is 0 Å². The molecule has 0 aromatic rings. The Balaban J connectivity index is 2.27. The van der Waals surface area contributed by atoms with Gasteiger partial charge >= 0.3 is 13.8 Å². The lowest BCUT2D eigenvalue weighted by Crippen LogP contribution is -2.64. The van der Waals surface area contributed by atoms with Crippen molar-refractivity contribution >= 4 is 13.8 Å². The highest BCUT2D eigenvalue weighted by Crippen LogP contribution is 2.47. The number of esters is 1. The third-order valence-electron chi connectivity index (χ3n) is 13.5. The maximum absolute atomic E-state index is 12.9. The molecule has 0 spiro atoms. The summed E-state index contributed by atoms with van der Waals surface area (Å²) < 4.78 is 34.4. The van der Waals surface area contributed by atoms with E-state index in [-0.39, 0.29) is 13.0 Å². The summed E-state index contributed by atoms with van der Waals surface area (Å²) in [6.45, 7) is 4.30. The molecule has 0 aromatic heterocycles. The van der Waals surface area contributed by atoms with Crippen LogP contribution in [0.2, 0.25) is 0 Å². The topological polar surface area (TPSA) is 192 Å². The second-order valence-corrected chi connectivity index (χ2v) is 21.5. The number of carbonyl (C=O) groups is 1. The van der Waals surface area contributed by atoms with Gasteiger partial charge in [-0.05, 0) is 64.2 Å². The monoisotopic (exact) mass is 1000 g/mol. The molecule has 0 aromatic carbocycles. The normalized spacial score (nSPS) is 21.1. The van der Waals surface area contributed by atoms with Crippen LogP contribution in [0, 0.1) is 0 Å². The first-order valence-corrected chi connectivity index (χ1v) is 30.2. The molecule has 13 heteroatoms. The molecule has 1 saturated carbocycles. The molecule has 6 atom stereocenters. The van der Waals surface area contributed by atoms with E-state index in [1.54, 1.807) is 0 Å². The molecule has 1 aliphatic carbocycles. The highest BCUT2D eigenvalue weighted by atomic mass is 31.2. The molecule has 0 heterocycles. The summed E-state index contributed by atoms with van der Waals surface area (Å²) in [4.78, 5) is 23.3. The number of rotatable bonds is 50. The first-order chi connectivity index (χ1) is 33.5. The van der Waals surface area contributed by atoms with Gasteiger partial charge < -0.3 is 39.9 Å². The standard InChI is InChI=1S/C56H107O12P/c1-3-5-7-9-11-13-15-17-19-21-23-24-25-26-27-28-30-32-34-36-38-40-42-44-46-65-47-49(48-66-69(63,64)68-56-54(61)52(59)51(58)53(60)55(56)62)67-50(57)45-43-41-39-37-35-33-31-29-22-20-18-16-14-12-10-8-6-4-2/h20-23,49,51-56,58-62H,3-19,24-48H2,1-2H3,(H,63,64)/b22-20-,23-21-. The zero-order valence-corrected chi connectivity index (χ0v) is 45.0. The highest BCUT2D eigenvalue weighted by molar-refractivity contribution is 7.47. The maximum Gasteiger partial charge on any atom is 0.472 e. The number of phosphoric ester groups is 1. The molecule has 6 N–H and O–H groups in total. The molecule has 1 fully saturated rings.